The lowest BCUT2D eigenvalue weighted by atomic mass is 9.95. The van der Waals surface area contributed by atoms with Gasteiger partial charge in [-0.3, -0.25) is 4.90 Å². The summed E-state index contributed by atoms with van der Waals surface area (Å²) < 4.78 is 5.28. The summed E-state index contributed by atoms with van der Waals surface area (Å²) in [5, 5.41) is 9.60. The SMILES string of the molecule is CCCCC1C(O)CN1C(=O)OC(C)(C)C. The Morgan fingerprint density at radius 1 is 1.50 bits per heavy atom. The summed E-state index contributed by atoms with van der Waals surface area (Å²) in [6, 6.07) is -0.0465. The Kier molecular flexibility index (Phi) is 4.19. The maximum absolute atomic E-state index is 11.8. The average molecular weight is 229 g/mol. The topological polar surface area (TPSA) is 49.8 Å². The molecule has 0 radical (unpaired) electrons. The maximum Gasteiger partial charge on any atom is 0.410 e. The fourth-order valence-corrected chi connectivity index (χ4v) is 1.82. The van der Waals surface area contributed by atoms with Crippen molar-refractivity contribution in [2.24, 2.45) is 0 Å². The van der Waals surface area contributed by atoms with Gasteiger partial charge in [0.2, 0.25) is 0 Å². The summed E-state index contributed by atoms with van der Waals surface area (Å²) in [6.45, 7) is 8.05. The third-order valence-electron chi connectivity index (χ3n) is 2.71. The van der Waals surface area contributed by atoms with E-state index >= 15 is 0 Å². The molecule has 4 nitrogen and oxygen atoms in total. The van der Waals surface area contributed by atoms with Crippen molar-refractivity contribution in [1.82, 2.24) is 4.90 Å². The summed E-state index contributed by atoms with van der Waals surface area (Å²) in [4.78, 5) is 13.4. The van der Waals surface area contributed by atoms with Crippen molar-refractivity contribution in [2.75, 3.05) is 6.54 Å². The fraction of sp³-hybridized carbons (Fsp3) is 0.917. The highest BCUT2D eigenvalue weighted by Crippen LogP contribution is 2.25. The van der Waals surface area contributed by atoms with E-state index in [-0.39, 0.29) is 18.2 Å². The van der Waals surface area contributed by atoms with Crippen molar-refractivity contribution in [3.05, 3.63) is 0 Å². The van der Waals surface area contributed by atoms with Gasteiger partial charge < -0.3 is 9.84 Å². The number of nitrogens with zero attached hydrogens (tertiary/aromatic N) is 1. The minimum Gasteiger partial charge on any atom is -0.444 e. The second kappa shape index (κ2) is 5.04. The number of amides is 1. The number of ether oxygens (including phenoxy) is 1. The molecule has 0 aromatic carbocycles. The summed E-state index contributed by atoms with van der Waals surface area (Å²) in [5.74, 6) is 0. The number of carbonyl (C=O) groups excluding carboxylic acids is 1. The largest absolute Gasteiger partial charge is 0.444 e. The third-order valence-corrected chi connectivity index (χ3v) is 2.71. The molecule has 16 heavy (non-hydrogen) atoms. The van der Waals surface area contributed by atoms with E-state index in [0.717, 1.165) is 19.3 Å². The molecule has 0 bridgehead atoms. The van der Waals surface area contributed by atoms with E-state index in [4.69, 9.17) is 4.74 Å². The molecule has 1 aliphatic rings. The van der Waals surface area contributed by atoms with Gasteiger partial charge in [0.15, 0.2) is 0 Å². The molecule has 1 N–H and O–H groups in total. The second-order valence-electron chi connectivity index (χ2n) is 5.41. The molecule has 0 saturated carbocycles. The monoisotopic (exact) mass is 229 g/mol. The van der Waals surface area contributed by atoms with Crippen LogP contribution >= 0.6 is 0 Å². The molecule has 2 unspecified atom stereocenters. The van der Waals surface area contributed by atoms with E-state index < -0.39 is 5.60 Å². The third kappa shape index (κ3) is 3.37. The second-order valence-corrected chi connectivity index (χ2v) is 5.41. The Labute approximate surface area is 97.6 Å². The summed E-state index contributed by atoms with van der Waals surface area (Å²) >= 11 is 0. The van der Waals surface area contributed by atoms with Gasteiger partial charge in [-0.05, 0) is 27.2 Å². The van der Waals surface area contributed by atoms with Gasteiger partial charge in [0.05, 0.1) is 18.7 Å². The molecule has 0 spiro atoms. The minimum atomic E-state index is -0.465. The highest BCUT2D eigenvalue weighted by molar-refractivity contribution is 5.70. The predicted octanol–water partition coefficient (Wildman–Crippen LogP) is 2.16. The first-order valence-corrected chi connectivity index (χ1v) is 6.03. The van der Waals surface area contributed by atoms with Crippen molar-refractivity contribution in [3.8, 4) is 0 Å². The lowest BCUT2D eigenvalue weighted by Gasteiger charge is -2.45. The lowest BCUT2D eigenvalue weighted by molar-refractivity contribution is -0.0734. The summed E-state index contributed by atoms with van der Waals surface area (Å²) in [7, 11) is 0. The van der Waals surface area contributed by atoms with Gasteiger partial charge in [-0.25, -0.2) is 4.79 Å². The Hall–Kier alpha value is -0.770. The van der Waals surface area contributed by atoms with Crippen LogP contribution in [0.1, 0.15) is 47.0 Å². The molecule has 4 heteroatoms. The molecule has 94 valence electrons. The molecular formula is C12H23NO3. The molecule has 1 rings (SSSR count). The van der Waals surface area contributed by atoms with Gasteiger partial charge in [-0.15, -0.1) is 0 Å². The first-order valence-electron chi connectivity index (χ1n) is 6.03. The Morgan fingerprint density at radius 2 is 2.12 bits per heavy atom. The zero-order valence-corrected chi connectivity index (χ0v) is 10.7. The van der Waals surface area contributed by atoms with Crippen molar-refractivity contribution in [2.45, 2.75) is 64.7 Å². The first kappa shape index (κ1) is 13.3. The first-order chi connectivity index (χ1) is 7.35. The van der Waals surface area contributed by atoms with Crippen LogP contribution in [0.2, 0.25) is 0 Å². The smallest absolute Gasteiger partial charge is 0.410 e. The minimum absolute atomic E-state index is 0.0465. The molecule has 1 fully saturated rings. The normalized spacial score (nSPS) is 25.2. The Balaban J connectivity index is 2.45. The number of hydrogen-bond acceptors (Lipinski definition) is 3. The zero-order valence-electron chi connectivity index (χ0n) is 10.7. The molecule has 1 saturated heterocycles. The van der Waals surface area contributed by atoms with E-state index in [0.29, 0.717) is 6.54 Å². The number of likely N-dealkylation sites (tertiary alicyclic amines) is 1. The van der Waals surface area contributed by atoms with Crippen molar-refractivity contribution in [3.63, 3.8) is 0 Å². The molecular weight excluding hydrogens is 206 g/mol. The van der Waals surface area contributed by atoms with Crippen molar-refractivity contribution < 1.29 is 14.6 Å². The Bertz CT molecular complexity index is 247. The standard InChI is InChI=1S/C12H23NO3/c1-5-6-7-9-10(14)8-13(9)11(15)16-12(2,3)4/h9-10,14H,5-8H2,1-4H3. The van der Waals surface area contributed by atoms with Gasteiger partial charge >= 0.3 is 6.09 Å². The highest BCUT2D eigenvalue weighted by atomic mass is 16.6. The maximum atomic E-state index is 11.8. The van der Waals surface area contributed by atoms with Gasteiger partial charge in [-0.1, -0.05) is 19.8 Å². The molecule has 0 aliphatic carbocycles. The molecule has 1 heterocycles. The van der Waals surface area contributed by atoms with Crippen LogP contribution in [0.5, 0.6) is 0 Å². The zero-order chi connectivity index (χ0) is 12.3. The van der Waals surface area contributed by atoms with E-state index in [9.17, 15) is 9.90 Å². The van der Waals surface area contributed by atoms with Crippen LogP contribution in [0.25, 0.3) is 0 Å². The summed E-state index contributed by atoms with van der Waals surface area (Å²) in [6.07, 6.45) is 2.28. The van der Waals surface area contributed by atoms with Crippen molar-refractivity contribution >= 4 is 6.09 Å². The molecule has 0 aromatic rings. The van der Waals surface area contributed by atoms with Crippen LogP contribution in [-0.2, 0) is 4.74 Å². The van der Waals surface area contributed by atoms with E-state index in [1.807, 2.05) is 20.8 Å². The number of hydrogen-bond donors (Lipinski definition) is 1. The highest BCUT2D eigenvalue weighted by Gasteiger charge is 2.41. The molecule has 2 atom stereocenters. The molecule has 1 amide bonds. The van der Waals surface area contributed by atoms with Gasteiger partial charge in [0.25, 0.3) is 0 Å². The van der Waals surface area contributed by atoms with Crippen molar-refractivity contribution in [1.29, 1.82) is 0 Å². The average Bonchev–Trinajstić information content (AvgIpc) is 2.11. The number of rotatable bonds is 3. The van der Waals surface area contributed by atoms with Gasteiger partial charge in [0.1, 0.15) is 5.60 Å². The quantitative estimate of drug-likeness (QED) is 0.806. The van der Waals surface area contributed by atoms with Crippen LogP contribution in [0.15, 0.2) is 0 Å². The number of carbonyl (C=O) groups is 1. The van der Waals surface area contributed by atoms with E-state index in [1.165, 1.54) is 0 Å². The van der Waals surface area contributed by atoms with Gasteiger partial charge in [-0.2, -0.15) is 0 Å². The van der Waals surface area contributed by atoms with Gasteiger partial charge in [0, 0.05) is 0 Å². The van der Waals surface area contributed by atoms with Crippen LogP contribution in [0.4, 0.5) is 4.79 Å². The Morgan fingerprint density at radius 3 is 2.56 bits per heavy atom. The molecule has 1 aliphatic heterocycles. The number of unbranched alkanes of at least 4 members (excludes halogenated alkanes) is 1. The number of β-amino-alcohol motifs (C(OH)–C–C–N with tert-alkyl or cyclic N) is 1. The van der Waals surface area contributed by atoms with Crippen LogP contribution < -0.4 is 0 Å². The fourth-order valence-electron chi connectivity index (χ4n) is 1.82. The van der Waals surface area contributed by atoms with E-state index in [2.05, 4.69) is 6.92 Å². The van der Waals surface area contributed by atoms with Crippen LogP contribution in [-0.4, -0.2) is 40.4 Å². The van der Waals surface area contributed by atoms with Crippen LogP contribution in [0, 0.1) is 0 Å². The number of aliphatic hydroxyl groups is 1. The lowest BCUT2D eigenvalue weighted by Crippen LogP contribution is -2.62. The summed E-state index contributed by atoms with van der Waals surface area (Å²) in [5.41, 5.74) is -0.465. The number of aliphatic hydroxyl groups excluding tert-OH is 1. The van der Waals surface area contributed by atoms with E-state index in [1.54, 1.807) is 4.90 Å². The molecule has 0 aromatic heterocycles. The predicted molar refractivity (Wildman–Crippen MR) is 62.3 cm³/mol. The van der Waals surface area contributed by atoms with Crippen LogP contribution in [0.3, 0.4) is 0 Å².